The van der Waals surface area contributed by atoms with Gasteiger partial charge in [-0.2, -0.15) is 30.6 Å². The van der Waals surface area contributed by atoms with Crippen LogP contribution in [0.4, 0.5) is 26.3 Å². The van der Waals surface area contributed by atoms with E-state index in [0.717, 1.165) is 22.5 Å². The summed E-state index contributed by atoms with van der Waals surface area (Å²) in [5.74, 6) is -0.865. The van der Waals surface area contributed by atoms with E-state index in [9.17, 15) is 39.6 Å². The summed E-state index contributed by atoms with van der Waals surface area (Å²) < 4.78 is 102. The Labute approximate surface area is 181 Å². The molecule has 2 aliphatic rings. The van der Waals surface area contributed by atoms with Crippen LogP contribution in [0.25, 0.3) is 0 Å². The molecule has 2 heterocycles. The fraction of sp³-hybridized carbons (Fsp3) is 0.632. The number of hydrogen-bond donors (Lipinski definition) is 1. The van der Waals surface area contributed by atoms with Crippen molar-refractivity contribution in [2.24, 2.45) is 5.92 Å². The van der Waals surface area contributed by atoms with Crippen molar-refractivity contribution in [1.29, 1.82) is 0 Å². The Morgan fingerprint density at radius 2 is 1.81 bits per heavy atom. The maximum absolute atomic E-state index is 13.0. The minimum absolute atomic E-state index is 0.0242. The van der Waals surface area contributed by atoms with Gasteiger partial charge < -0.3 is 5.32 Å². The van der Waals surface area contributed by atoms with Gasteiger partial charge in [0.25, 0.3) is 0 Å². The lowest BCUT2D eigenvalue weighted by atomic mass is 10.0. The van der Waals surface area contributed by atoms with Gasteiger partial charge in [-0.05, 0) is 31.0 Å². The molecule has 13 heteroatoms. The van der Waals surface area contributed by atoms with Crippen LogP contribution in [0, 0.1) is 5.92 Å². The topological polar surface area (TPSA) is 69.7 Å². The van der Waals surface area contributed by atoms with Crippen molar-refractivity contribution in [2.75, 3.05) is 32.7 Å². The van der Waals surface area contributed by atoms with Crippen molar-refractivity contribution in [3.05, 3.63) is 29.8 Å². The molecule has 2 fully saturated rings. The van der Waals surface area contributed by atoms with Crippen LogP contribution in [-0.4, -0.2) is 68.5 Å². The highest BCUT2D eigenvalue weighted by atomic mass is 32.2. The van der Waals surface area contributed by atoms with E-state index in [4.69, 9.17) is 0 Å². The summed E-state index contributed by atoms with van der Waals surface area (Å²) in [5, 5.41) is 2.49. The maximum atomic E-state index is 13.0. The van der Waals surface area contributed by atoms with Gasteiger partial charge in [-0.15, -0.1) is 0 Å². The van der Waals surface area contributed by atoms with Crippen molar-refractivity contribution in [3.63, 3.8) is 0 Å². The van der Waals surface area contributed by atoms with Crippen molar-refractivity contribution in [2.45, 2.75) is 42.6 Å². The number of benzene rings is 1. The second-order valence-electron chi connectivity index (χ2n) is 7.98. The number of alkyl halides is 6. The van der Waals surface area contributed by atoms with Crippen LogP contribution in [0.3, 0.4) is 0 Å². The molecule has 0 bridgehead atoms. The minimum atomic E-state index is -4.67. The Bertz CT molecular complexity index is 935. The monoisotopic (exact) mass is 487 g/mol. The minimum Gasteiger partial charge on any atom is -0.356 e. The Hall–Kier alpha value is -1.86. The fourth-order valence-electron chi connectivity index (χ4n) is 4.05. The van der Waals surface area contributed by atoms with Crippen LogP contribution in [0.2, 0.25) is 0 Å². The van der Waals surface area contributed by atoms with Crippen LogP contribution >= 0.6 is 0 Å². The number of amides is 1. The molecule has 32 heavy (non-hydrogen) atoms. The normalized spacial score (nSPS) is 23.2. The van der Waals surface area contributed by atoms with E-state index in [1.54, 1.807) is 0 Å². The maximum Gasteiger partial charge on any atom is 0.416 e. The van der Waals surface area contributed by atoms with Crippen LogP contribution < -0.4 is 5.32 Å². The molecule has 1 amide bonds. The molecule has 180 valence electrons. The first-order chi connectivity index (χ1) is 14.8. The van der Waals surface area contributed by atoms with Crippen molar-refractivity contribution < 1.29 is 39.6 Å². The highest BCUT2D eigenvalue weighted by molar-refractivity contribution is 7.89. The summed E-state index contributed by atoms with van der Waals surface area (Å²) in [7, 11) is -4.15. The third-order valence-electron chi connectivity index (χ3n) is 5.69. The summed E-state index contributed by atoms with van der Waals surface area (Å²) in [4.78, 5) is 13.8. The zero-order chi connectivity index (χ0) is 23.7. The van der Waals surface area contributed by atoms with Gasteiger partial charge >= 0.3 is 12.4 Å². The van der Waals surface area contributed by atoms with E-state index in [0.29, 0.717) is 25.6 Å². The summed E-state index contributed by atoms with van der Waals surface area (Å²) in [6, 6.07) is 3.26. The average molecular weight is 487 g/mol. The predicted octanol–water partition coefficient (Wildman–Crippen LogP) is 2.86. The van der Waals surface area contributed by atoms with Crippen LogP contribution in [-0.2, 0) is 21.0 Å². The van der Waals surface area contributed by atoms with E-state index in [1.165, 1.54) is 0 Å². The van der Waals surface area contributed by atoms with Gasteiger partial charge in [0.1, 0.15) is 0 Å². The molecule has 3 rings (SSSR count). The average Bonchev–Trinajstić information content (AvgIpc) is 3.13. The lowest BCUT2D eigenvalue weighted by Gasteiger charge is -2.36. The van der Waals surface area contributed by atoms with E-state index < -0.39 is 45.2 Å². The standard InChI is InChI=1S/C19H23F6N3O3S/c20-18(21,22)5-2-6-26-17(29)13-9-15-12-28(8-7-27(15)11-13)32(30,31)16-4-1-3-14(10-16)19(23,24)25/h1,3-4,10,13,15H,2,5-9,11-12H2,(H,26,29)/t13-,15-/m0/s1. The highest BCUT2D eigenvalue weighted by Crippen LogP contribution is 2.33. The Morgan fingerprint density at radius 3 is 2.47 bits per heavy atom. The number of nitrogens with zero attached hydrogens (tertiary/aromatic N) is 2. The van der Waals surface area contributed by atoms with Gasteiger partial charge in [0, 0.05) is 45.2 Å². The fourth-order valence-corrected chi connectivity index (χ4v) is 5.56. The molecular weight excluding hydrogens is 464 g/mol. The van der Waals surface area contributed by atoms with Gasteiger partial charge in [0.05, 0.1) is 16.4 Å². The molecule has 2 atom stereocenters. The summed E-state index contributed by atoms with van der Waals surface area (Å²) in [6.07, 6.45) is -9.85. The smallest absolute Gasteiger partial charge is 0.356 e. The van der Waals surface area contributed by atoms with Crippen molar-refractivity contribution in [3.8, 4) is 0 Å². The predicted molar refractivity (Wildman–Crippen MR) is 102 cm³/mol. The molecule has 1 aromatic carbocycles. The molecule has 1 N–H and O–H groups in total. The number of rotatable bonds is 6. The molecule has 1 aromatic rings. The van der Waals surface area contributed by atoms with Gasteiger partial charge in [-0.1, -0.05) is 6.07 Å². The highest BCUT2D eigenvalue weighted by Gasteiger charge is 2.42. The first-order valence-electron chi connectivity index (χ1n) is 10.0. The SMILES string of the molecule is O=C(NCCCC(F)(F)F)[C@H]1C[C@H]2CN(S(=O)(=O)c3cccc(C(F)(F)F)c3)CCN2C1. The lowest BCUT2D eigenvalue weighted by Crippen LogP contribution is -2.51. The molecule has 6 nitrogen and oxygen atoms in total. The van der Waals surface area contributed by atoms with Crippen LogP contribution in [0.15, 0.2) is 29.2 Å². The third-order valence-corrected chi connectivity index (χ3v) is 7.55. The van der Waals surface area contributed by atoms with Gasteiger partial charge in [-0.3, -0.25) is 9.69 Å². The molecular formula is C19H23F6N3O3S. The Kier molecular flexibility index (Phi) is 7.11. The zero-order valence-electron chi connectivity index (χ0n) is 16.9. The molecule has 0 spiro atoms. The molecule has 0 saturated carbocycles. The van der Waals surface area contributed by atoms with E-state index in [-0.39, 0.29) is 38.0 Å². The molecule has 0 radical (unpaired) electrons. The Morgan fingerprint density at radius 1 is 1.09 bits per heavy atom. The third kappa shape index (κ3) is 5.93. The van der Waals surface area contributed by atoms with Gasteiger partial charge in [0.2, 0.25) is 15.9 Å². The van der Waals surface area contributed by atoms with Crippen LogP contribution in [0.5, 0.6) is 0 Å². The van der Waals surface area contributed by atoms with E-state index in [1.807, 2.05) is 4.90 Å². The number of nitrogens with one attached hydrogen (secondary N) is 1. The van der Waals surface area contributed by atoms with Gasteiger partial charge in [0.15, 0.2) is 0 Å². The number of carbonyl (C=O) groups is 1. The largest absolute Gasteiger partial charge is 0.416 e. The number of hydrogen-bond acceptors (Lipinski definition) is 4. The second-order valence-corrected chi connectivity index (χ2v) is 9.92. The molecule has 2 aliphatic heterocycles. The summed E-state index contributed by atoms with van der Waals surface area (Å²) in [5.41, 5.74) is -1.06. The number of halogens is 6. The quantitative estimate of drug-likeness (QED) is 0.495. The zero-order valence-corrected chi connectivity index (χ0v) is 17.7. The van der Waals surface area contributed by atoms with E-state index in [2.05, 4.69) is 5.32 Å². The molecule has 0 aromatic heterocycles. The lowest BCUT2D eigenvalue weighted by molar-refractivity contribution is -0.138. The molecule has 0 unspecified atom stereocenters. The number of carbonyl (C=O) groups excluding carboxylic acids is 1. The second kappa shape index (κ2) is 9.18. The first-order valence-corrected chi connectivity index (χ1v) is 11.5. The Balaban J connectivity index is 1.59. The van der Waals surface area contributed by atoms with Gasteiger partial charge in [-0.25, -0.2) is 8.42 Å². The van der Waals surface area contributed by atoms with Crippen molar-refractivity contribution >= 4 is 15.9 Å². The van der Waals surface area contributed by atoms with E-state index >= 15 is 0 Å². The number of fused-ring (bicyclic) bond motifs is 1. The van der Waals surface area contributed by atoms with Crippen LogP contribution in [0.1, 0.15) is 24.8 Å². The number of sulfonamides is 1. The number of piperazine rings is 1. The first kappa shape index (κ1) is 24.8. The van der Waals surface area contributed by atoms with Crippen molar-refractivity contribution in [1.82, 2.24) is 14.5 Å². The summed E-state index contributed by atoms with van der Waals surface area (Å²) in [6.45, 7) is 0.648. The summed E-state index contributed by atoms with van der Waals surface area (Å²) >= 11 is 0. The molecule has 0 aliphatic carbocycles. The molecule has 2 saturated heterocycles.